The molecule has 6 atom stereocenters. The van der Waals surface area contributed by atoms with E-state index in [1.54, 1.807) is 42.5 Å². The number of aliphatic hydroxyl groups is 1. The van der Waals surface area contributed by atoms with Gasteiger partial charge in [-0.15, -0.1) is 0 Å². The van der Waals surface area contributed by atoms with E-state index in [0.717, 1.165) is 24.1 Å². The molecule has 0 saturated carbocycles. The number of ether oxygens (including phenoxy) is 3. The number of carboxylic acid groups (broad SMARTS) is 1. The number of likely N-dealkylation sites (N-methyl/N-ethyl adjacent to an activating group) is 1. The molecule has 216 valence electrons. The smallest absolute Gasteiger partial charge is 0.349 e. The maximum absolute atomic E-state index is 13.2. The molecule has 2 aromatic carbocycles. The quantitative estimate of drug-likeness (QED) is 0.430. The fraction of sp³-hybridized carbons (Fsp3) is 0.452. The lowest BCUT2D eigenvalue weighted by Gasteiger charge is -2.56. The molecule has 6 rings (SSSR count). The molecule has 10 heteroatoms. The predicted molar refractivity (Wildman–Crippen MR) is 144 cm³/mol. The number of aliphatic carboxylic acids is 1. The van der Waals surface area contributed by atoms with E-state index < -0.39 is 47.0 Å². The standard InChI is InChI=1S/C31H33NO9/c1-17(15-23(34)40-25(28(35)36)18-7-4-3-5-8-18)29(37)39-21-11-13-31(38)22-16-19-9-10-20(33)26-24(19)30(31,27(21)41-26)12-6-14-32(22)2/h3-5,7-11,17,22,25,27,33,38H,6,12-16H2,1-2H3,(H,35,36)/t17-,22+,25-,27-,30-,31+/m0/s1. The Balaban J connectivity index is 1.23. The second-order valence-corrected chi connectivity index (χ2v) is 11.6. The summed E-state index contributed by atoms with van der Waals surface area (Å²) in [6, 6.07) is 11.4. The highest BCUT2D eigenvalue weighted by Crippen LogP contribution is 2.64. The number of carbonyl (C=O) groups is 3. The van der Waals surface area contributed by atoms with Gasteiger partial charge in [0.2, 0.25) is 6.10 Å². The van der Waals surface area contributed by atoms with E-state index in [2.05, 4.69) is 4.90 Å². The summed E-state index contributed by atoms with van der Waals surface area (Å²) in [6.07, 6.45) is 1.15. The van der Waals surface area contributed by atoms with Gasteiger partial charge in [0.15, 0.2) is 17.6 Å². The third-order valence-corrected chi connectivity index (χ3v) is 9.25. The lowest BCUT2D eigenvalue weighted by molar-refractivity contribution is -0.167. The molecule has 2 bridgehead atoms. The fourth-order valence-corrected chi connectivity index (χ4v) is 7.31. The number of nitrogens with zero attached hydrogens (tertiary/aromatic N) is 1. The van der Waals surface area contributed by atoms with Crippen molar-refractivity contribution in [2.75, 3.05) is 13.6 Å². The van der Waals surface area contributed by atoms with Crippen LogP contribution >= 0.6 is 0 Å². The Morgan fingerprint density at radius 1 is 1.17 bits per heavy atom. The van der Waals surface area contributed by atoms with Crippen LogP contribution in [0.5, 0.6) is 11.5 Å². The second kappa shape index (κ2) is 9.88. The lowest BCUT2D eigenvalue weighted by atomic mass is 9.52. The number of carboxylic acids is 1. The van der Waals surface area contributed by atoms with E-state index in [4.69, 9.17) is 14.2 Å². The summed E-state index contributed by atoms with van der Waals surface area (Å²) < 4.78 is 17.4. The van der Waals surface area contributed by atoms with Gasteiger partial charge in [0.25, 0.3) is 0 Å². The Morgan fingerprint density at radius 3 is 2.66 bits per heavy atom. The second-order valence-electron chi connectivity index (χ2n) is 11.6. The monoisotopic (exact) mass is 563 g/mol. The number of aromatic hydroxyl groups is 1. The number of rotatable bonds is 7. The maximum atomic E-state index is 13.2. The molecular weight excluding hydrogens is 530 g/mol. The Kier molecular flexibility index (Phi) is 6.58. The fourth-order valence-electron chi connectivity index (χ4n) is 7.31. The molecule has 4 aliphatic rings. The normalized spacial score (nSPS) is 29.2. The van der Waals surface area contributed by atoms with Crippen molar-refractivity contribution in [3.63, 3.8) is 0 Å². The van der Waals surface area contributed by atoms with Crippen molar-refractivity contribution in [1.29, 1.82) is 0 Å². The van der Waals surface area contributed by atoms with E-state index in [-0.39, 0.29) is 30.4 Å². The Labute approximate surface area is 237 Å². The highest BCUT2D eigenvalue weighted by Gasteiger charge is 2.71. The Bertz CT molecular complexity index is 1440. The topological polar surface area (TPSA) is 143 Å². The van der Waals surface area contributed by atoms with Crippen molar-refractivity contribution in [3.8, 4) is 11.5 Å². The van der Waals surface area contributed by atoms with Gasteiger partial charge in [-0.2, -0.15) is 0 Å². The van der Waals surface area contributed by atoms with Gasteiger partial charge in [0.1, 0.15) is 5.76 Å². The Hall–Kier alpha value is -3.89. The van der Waals surface area contributed by atoms with Crippen molar-refractivity contribution < 1.29 is 43.9 Å². The number of hydrogen-bond donors (Lipinski definition) is 3. The molecule has 10 nitrogen and oxygen atoms in total. The average molecular weight is 564 g/mol. The minimum absolute atomic E-state index is 0.0286. The van der Waals surface area contributed by atoms with Crippen LogP contribution in [0.1, 0.15) is 55.4 Å². The molecule has 1 saturated heterocycles. The molecule has 2 aliphatic carbocycles. The first-order chi connectivity index (χ1) is 19.6. The summed E-state index contributed by atoms with van der Waals surface area (Å²) >= 11 is 0. The van der Waals surface area contributed by atoms with Crippen LogP contribution in [0.25, 0.3) is 0 Å². The van der Waals surface area contributed by atoms with E-state index in [1.165, 1.54) is 6.92 Å². The molecule has 3 N–H and O–H groups in total. The van der Waals surface area contributed by atoms with Crippen molar-refractivity contribution in [3.05, 3.63) is 71.0 Å². The van der Waals surface area contributed by atoms with Gasteiger partial charge in [0.05, 0.1) is 23.4 Å². The number of esters is 2. The molecule has 2 aliphatic heterocycles. The summed E-state index contributed by atoms with van der Waals surface area (Å²) in [5.74, 6) is -3.30. The van der Waals surface area contributed by atoms with Gasteiger partial charge in [-0.25, -0.2) is 4.79 Å². The van der Waals surface area contributed by atoms with Crippen LogP contribution in [0.4, 0.5) is 0 Å². The number of likely N-dealkylation sites (tertiary alicyclic amines) is 1. The van der Waals surface area contributed by atoms with E-state index >= 15 is 0 Å². The van der Waals surface area contributed by atoms with Gasteiger partial charge in [-0.1, -0.05) is 43.3 Å². The van der Waals surface area contributed by atoms with E-state index in [0.29, 0.717) is 24.2 Å². The molecular formula is C31H33NO9. The molecule has 1 fully saturated rings. The van der Waals surface area contributed by atoms with Crippen LogP contribution < -0.4 is 4.74 Å². The predicted octanol–water partition coefficient (Wildman–Crippen LogP) is 3.00. The van der Waals surface area contributed by atoms with Gasteiger partial charge in [-0.3, -0.25) is 9.59 Å². The zero-order valence-corrected chi connectivity index (χ0v) is 22.9. The van der Waals surface area contributed by atoms with Crippen LogP contribution in [-0.4, -0.2) is 69.5 Å². The van der Waals surface area contributed by atoms with Crippen LogP contribution in [0.15, 0.2) is 54.3 Å². The molecule has 0 unspecified atom stereocenters. The third-order valence-electron chi connectivity index (χ3n) is 9.25. The number of carbonyl (C=O) groups excluding carboxylic acids is 2. The zero-order chi connectivity index (χ0) is 29.1. The van der Waals surface area contributed by atoms with Crippen LogP contribution in [0.3, 0.4) is 0 Å². The van der Waals surface area contributed by atoms with Crippen molar-refractivity contribution >= 4 is 17.9 Å². The van der Waals surface area contributed by atoms with E-state index in [9.17, 15) is 29.7 Å². The molecule has 1 spiro atoms. The van der Waals surface area contributed by atoms with Gasteiger partial charge >= 0.3 is 17.9 Å². The lowest BCUT2D eigenvalue weighted by Crippen LogP contribution is -2.69. The molecule has 2 heterocycles. The Morgan fingerprint density at radius 2 is 1.93 bits per heavy atom. The highest BCUT2D eigenvalue weighted by atomic mass is 16.6. The third kappa shape index (κ3) is 4.11. The van der Waals surface area contributed by atoms with Gasteiger partial charge in [0, 0.05) is 23.6 Å². The summed E-state index contributed by atoms with van der Waals surface area (Å²) in [5.41, 5.74) is -0.0257. The largest absolute Gasteiger partial charge is 0.504 e. The van der Waals surface area contributed by atoms with Crippen molar-refractivity contribution in [2.45, 2.75) is 68.3 Å². The molecule has 0 aromatic heterocycles. The molecule has 0 amide bonds. The zero-order valence-electron chi connectivity index (χ0n) is 22.9. The van der Waals surface area contributed by atoms with Gasteiger partial charge in [-0.05, 0) is 50.6 Å². The highest BCUT2D eigenvalue weighted by molar-refractivity contribution is 5.83. The molecule has 0 radical (unpaired) electrons. The first kappa shape index (κ1) is 27.3. The molecule has 2 aromatic rings. The minimum atomic E-state index is -1.50. The number of hydrogen-bond acceptors (Lipinski definition) is 9. The molecule has 41 heavy (non-hydrogen) atoms. The average Bonchev–Trinajstić information content (AvgIpc) is 3.29. The number of phenolic OH excluding ortho intramolecular Hbond substituents is 1. The van der Waals surface area contributed by atoms with Crippen molar-refractivity contribution in [1.82, 2.24) is 4.90 Å². The van der Waals surface area contributed by atoms with Crippen molar-refractivity contribution in [2.24, 2.45) is 5.92 Å². The van der Waals surface area contributed by atoms with Gasteiger partial charge < -0.3 is 34.4 Å². The number of benzene rings is 2. The summed E-state index contributed by atoms with van der Waals surface area (Å²) in [7, 11) is 2.01. The van der Waals surface area contributed by atoms with E-state index in [1.807, 2.05) is 13.1 Å². The number of phenols is 1. The van der Waals surface area contributed by atoms with Crippen LogP contribution in [0, 0.1) is 5.92 Å². The van der Waals surface area contributed by atoms with Crippen LogP contribution in [-0.2, 0) is 35.7 Å². The first-order valence-corrected chi connectivity index (χ1v) is 13.9. The maximum Gasteiger partial charge on any atom is 0.349 e. The SMILES string of the molecule is C[C@@H](CC(=O)O[C@H](C(=O)O)c1ccccc1)C(=O)OC1=CC[C@@]2(O)[C@H]3Cc4ccc(O)c5c4[C@@]2(CCCN3C)[C@H]1O5. The summed E-state index contributed by atoms with van der Waals surface area (Å²) in [5, 5.41) is 32.6. The summed E-state index contributed by atoms with van der Waals surface area (Å²) in [4.78, 5) is 39.8. The minimum Gasteiger partial charge on any atom is -0.504 e. The summed E-state index contributed by atoms with van der Waals surface area (Å²) in [6.45, 7) is 2.29. The first-order valence-electron chi connectivity index (χ1n) is 13.9. The van der Waals surface area contributed by atoms with Crippen LogP contribution in [0.2, 0.25) is 0 Å².